The Balaban J connectivity index is 1.38. The molecule has 6 aromatic carbocycles. The van der Waals surface area contributed by atoms with Crippen molar-refractivity contribution in [3.63, 3.8) is 0 Å². The van der Waals surface area contributed by atoms with Gasteiger partial charge in [-0.1, -0.05) is 220 Å². The van der Waals surface area contributed by atoms with Gasteiger partial charge in [-0.3, -0.25) is 0 Å². The number of benzene rings is 6. The molecule has 0 aromatic heterocycles. The number of aromatic hydroxyl groups is 4. The van der Waals surface area contributed by atoms with Gasteiger partial charge in [0.25, 0.3) is 0 Å². The Kier molecular flexibility index (Phi) is 13.7. The summed E-state index contributed by atoms with van der Waals surface area (Å²) in [5.74, 6) is 1.20. The summed E-state index contributed by atoms with van der Waals surface area (Å²) < 4.78 is 0. The molecule has 0 saturated carbocycles. The van der Waals surface area contributed by atoms with Crippen molar-refractivity contribution in [2.24, 2.45) is 0 Å². The first-order chi connectivity index (χ1) is 29.5. The lowest BCUT2D eigenvalue weighted by Crippen LogP contribution is -2.15. The average Bonchev–Trinajstić information content (AvgIpc) is 3.18. The lowest BCUT2D eigenvalue weighted by atomic mass is 9.81. The summed E-state index contributed by atoms with van der Waals surface area (Å²) in [4.78, 5) is 0. The molecule has 0 bridgehead atoms. The van der Waals surface area contributed by atoms with Gasteiger partial charge in [-0.2, -0.15) is 0 Å². The van der Waals surface area contributed by atoms with Gasteiger partial charge in [0, 0.05) is 33.6 Å². The molecule has 2 atom stereocenters. The van der Waals surface area contributed by atoms with Gasteiger partial charge in [-0.25, -0.2) is 0 Å². The minimum absolute atomic E-state index is 0.243. The van der Waals surface area contributed by atoms with Crippen LogP contribution >= 0.6 is 17.2 Å². The lowest BCUT2D eigenvalue weighted by Gasteiger charge is -2.29. The molecule has 0 saturated heterocycles. The second-order valence-corrected chi connectivity index (χ2v) is 25.2. The topological polar surface area (TPSA) is 80.9 Å². The fourth-order valence-corrected chi connectivity index (χ4v) is 11.8. The third-order valence-electron chi connectivity index (χ3n) is 12.3. The highest BCUT2D eigenvalue weighted by Crippen LogP contribution is 2.53. The normalized spacial score (nSPS) is 13.1. The zero-order valence-corrected chi connectivity index (χ0v) is 43.2. The van der Waals surface area contributed by atoms with Crippen molar-refractivity contribution in [3.05, 3.63) is 164 Å². The van der Waals surface area contributed by atoms with E-state index < -0.39 is 0 Å². The quantitative estimate of drug-likeness (QED) is 0.109. The van der Waals surface area contributed by atoms with Crippen LogP contribution < -0.4 is 10.6 Å². The molecule has 64 heavy (non-hydrogen) atoms. The molecule has 2 unspecified atom stereocenters. The van der Waals surface area contributed by atoms with Gasteiger partial charge in [0.1, 0.15) is 23.0 Å². The van der Waals surface area contributed by atoms with E-state index in [-0.39, 0.29) is 50.1 Å². The molecule has 4 nitrogen and oxygen atoms in total. The number of hydrogen-bond acceptors (Lipinski definition) is 4. The molecule has 0 aliphatic carbocycles. The first-order valence-corrected chi connectivity index (χ1v) is 24.8. The fraction of sp³-hybridized carbons (Fsp3) is 0.379. The summed E-state index contributed by atoms with van der Waals surface area (Å²) in [6.45, 7) is 33.9. The smallest absolute Gasteiger partial charge is 0.123 e. The van der Waals surface area contributed by atoms with Crippen molar-refractivity contribution in [1.82, 2.24) is 0 Å². The standard InChI is InChI=1S/C58H72O4P2/c1-33-25-41(49(59)45(29-33)55(5,6)7)53(42-26-34(2)30-46(50(42)60)56(8,9)10)63-39-21-17-37(18-22-39)38-19-23-40(24-20-38)64-54(43-27-35(3)31-47(51(43)61)57(11,12)13)44-28-36(4)32-48(52(44)62)58(14,15)16/h17-32,53-54,59-64H,1-16H3. The van der Waals surface area contributed by atoms with Crippen molar-refractivity contribution in [2.45, 2.75) is 144 Å². The molecule has 0 heterocycles. The predicted molar refractivity (Wildman–Crippen MR) is 278 cm³/mol. The van der Waals surface area contributed by atoms with Crippen LogP contribution in [0, 0.1) is 27.7 Å². The maximum Gasteiger partial charge on any atom is 0.123 e. The van der Waals surface area contributed by atoms with Crippen molar-refractivity contribution >= 4 is 27.8 Å². The van der Waals surface area contributed by atoms with Crippen LogP contribution in [0.3, 0.4) is 0 Å². The Bertz CT molecular complexity index is 2340. The molecule has 0 amide bonds. The summed E-state index contributed by atoms with van der Waals surface area (Å²) >= 11 is 0. The van der Waals surface area contributed by atoms with Crippen molar-refractivity contribution in [1.29, 1.82) is 0 Å². The largest absolute Gasteiger partial charge is 0.507 e. The Hall–Kier alpha value is -4.62. The Labute approximate surface area is 388 Å². The molecule has 4 N–H and O–H groups in total. The van der Waals surface area contributed by atoms with Crippen molar-refractivity contribution < 1.29 is 20.4 Å². The van der Waals surface area contributed by atoms with Gasteiger partial charge >= 0.3 is 0 Å². The Morgan fingerprint density at radius 2 is 0.531 bits per heavy atom. The highest BCUT2D eigenvalue weighted by molar-refractivity contribution is 7.48. The number of phenolic OH excluding ortho intramolecular Hbond substituents is 4. The van der Waals surface area contributed by atoms with Crippen molar-refractivity contribution in [2.75, 3.05) is 0 Å². The Morgan fingerprint density at radius 1 is 0.328 bits per heavy atom. The fourth-order valence-electron chi connectivity index (χ4n) is 8.89. The highest BCUT2D eigenvalue weighted by atomic mass is 31.1. The van der Waals surface area contributed by atoms with Gasteiger partial charge in [0.15, 0.2) is 0 Å². The number of rotatable bonds is 9. The second kappa shape index (κ2) is 18.0. The van der Waals surface area contributed by atoms with E-state index >= 15 is 0 Å². The van der Waals surface area contributed by atoms with E-state index in [2.05, 4.69) is 208 Å². The van der Waals surface area contributed by atoms with Crippen LogP contribution in [-0.4, -0.2) is 20.4 Å². The van der Waals surface area contributed by atoms with Gasteiger partial charge in [-0.15, -0.1) is 0 Å². The molecule has 0 radical (unpaired) electrons. The van der Waals surface area contributed by atoms with E-state index in [9.17, 15) is 20.4 Å². The van der Waals surface area contributed by atoms with Crippen LogP contribution in [0.2, 0.25) is 0 Å². The molecule has 6 heteroatoms. The average molecular weight is 895 g/mol. The molecule has 0 aliphatic heterocycles. The van der Waals surface area contributed by atoms with Crippen LogP contribution in [0.15, 0.2) is 97.1 Å². The third-order valence-corrected chi connectivity index (χ3v) is 15.5. The predicted octanol–water partition coefficient (Wildman–Crippen LogP) is 14.8. The molecule has 6 aromatic rings. The van der Waals surface area contributed by atoms with E-state index in [4.69, 9.17) is 0 Å². The summed E-state index contributed by atoms with van der Waals surface area (Å²) in [5.41, 5.74) is 11.9. The molecule has 0 aliphatic rings. The minimum atomic E-state index is -0.265. The Morgan fingerprint density at radius 3 is 0.719 bits per heavy atom. The lowest BCUT2D eigenvalue weighted by molar-refractivity contribution is 0.433. The molecule has 338 valence electrons. The summed E-state index contributed by atoms with van der Waals surface area (Å²) in [6.07, 6.45) is 0. The van der Waals surface area contributed by atoms with Gasteiger partial charge < -0.3 is 20.4 Å². The first kappa shape index (κ1) is 48.8. The first-order valence-electron chi connectivity index (χ1n) is 22.6. The highest BCUT2D eigenvalue weighted by Gasteiger charge is 2.32. The van der Waals surface area contributed by atoms with E-state index in [1.165, 1.54) is 0 Å². The number of phenols is 4. The minimum Gasteiger partial charge on any atom is -0.507 e. The maximum atomic E-state index is 12.0. The van der Waals surface area contributed by atoms with Gasteiger partial charge in [-0.05, 0) is 93.3 Å². The number of hydrogen-bond donors (Lipinski definition) is 4. The maximum absolute atomic E-state index is 12.0. The van der Waals surface area contributed by atoms with E-state index in [0.29, 0.717) is 23.0 Å². The van der Waals surface area contributed by atoms with Crippen LogP contribution in [-0.2, 0) is 21.7 Å². The van der Waals surface area contributed by atoms with Gasteiger partial charge in [0.05, 0.1) is 0 Å². The van der Waals surface area contributed by atoms with E-state index in [1.807, 2.05) is 0 Å². The second-order valence-electron chi connectivity index (χ2n) is 22.3. The van der Waals surface area contributed by atoms with E-state index in [0.717, 1.165) is 88.5 Å². The van der Waals surface area contributed by atoms with Crippen LogP contribution in [0.1, 0.15) is 161 Å². The zero-order valence-electron chi connectivity index (χ0n) is 41.2. The van der Waals surface area contributed by atoms with Gasteiger partial charge in [0.2, 0.25) is 0 Å². The summed E-state index contributed by atoms with van der Waals surface area (Å²) in [6, 6.07) is 34.1. The number of aryl methyl sites for hydroxylation is 4. The van der Waals surface area contributed by atoms with Crippen molar-refractivity contribution in [3.8, 4) is 34.1 Å². The van der Waals surface area contributed by atoms with E-state index in [1.54, 1.807) is 0 Å². The van der Waals surface area contributed by atoms with Crippen LogP contribution in [0.25, 0.3) is 11.1 Å². The molecular weight excluding hydrogens is 823 g/mol. The van der Waals surface area contributed by atoms with Crippen LogP contribution in [0.4, 0.5) is 0 Å². The summed E-state index contributed by atoms with van der Waals surface area (Å²) in [7, 11) is 0.486. The van der Waals surface area contributed by atoms with Crippen LogP contribution in [0.5, 0.6) is 23.0 Å². The monoisotopic (exact) mass is 894 g/mol. The third kappa shape index (κ3) is 10.6. The summed E-state index contributed by atoms with van der Waals surface area (Å²) in [5, 5.41) is 50.2. The molecule has 0 spiro atoms. The molecule has 6 rings (SSSR count). The SMILES string of the molecule is Cc1cc(C(Pc2ccc(-c3ccc(PC(c4cc(C)cc(C(C)(C)C)c4O)c4cc(C)cc(C(C)(C)C)c4O)cc3)cc2)c2cc(C)cc(C(C)(C)C)c2O)c(O)c(C(C)(C)C)c1. The zero-order chi connectivity index (χ0) is 47.4. The molecular formula is C58H72O4P2. The molecule has 0 fully saturated rings.